The smallest absolute Gasteiger partial charge is 0.0674 e. The van der Waals surface area contributed by atoms with Gasteiger partial charge in [-0.15, -0.1) is 0 Å². The first-order valence-electron chi connectivity index (χ1n) is 6.14. The molecule has 92 valence electrons. The normalized spacial score (nSPS) is 22.4. The molecule has 0 aromatic rings. The maximum Gasteiger partial charge on any atom is 0.0674 e. The first-order valence-corrected chi connectivity index (χ1v) is 6.14. The van der Waals surface area contributed by atoms with Crippen molar-refractivity contribution >= 4 is 0 Å². The van der Waals surface area contributed by atoms with Crippen molar-refractivity contribution in [2.24, 2.45) is 0 Å². The van der Waals surface area contributed by atoms with Crippen LogP contribution in [0.2, 0.25) is 0 Å². The van der Waals surface area contributed by atoms with E-state index in [-0.39, 0.29) is 0 Å². The Balaban J connectivity index is 0.000000921. The molecule has 1 atom stereocenters. The topological polar surface area (TPSA) is 21.7 Å². The maximum absolute atomic E-state index is 5.50. The molecule has 0 bridgehead atoms. The predicted octanol–water partition coefficient (Wildman–Crippen LogP) is 2.16. The third-order valence-corrected chi connectivity index (χ3v) is 2.18. The van der Waals surface area contributed by atoms with Crippen molar-refractivity contribution in [2.75, 3.05) is 32.8 Å². The van der Waals surface area contributed by atoms with E-state index in [4.69, 9.17) is 9.47 Å². The quantitative estimate of drug-likeness (QED) is 0.720. The van der Waals surface area contributed by atoms with E-state index in [9.17, 15) is 0 Å². The van der Waals surface area contributed by atoms with Gasteiger partial charge in [-0.2, -0.15) is 0 Å². The van der Waals surface area contributed by atoms with Crippen molar-refractivity contribution in [3.8, 4) is 0 Å². The predicted molar refractivity (Wildman–Crippen MR) is 64.3 cm³/mol. The molecule has 1 aliphatic rings. The van der Waals surface area contributed by atoms with Crippen LogP contribution in [0, 0.1) is 0 Å². The lowest BCUT2D eigenvalue weighted by atomic mass is 10.3. The van der Waals surface area contributed by atoms with Crippen molar-refractivity contribution < 1.29 is 9.47 Å². The summed E-state index contributed by atoms with van der Waals surface area (Å²) >= 11 is 0. The van der Waals surface area contributed by atoms with Gasteiger partial charge in [0.2, 0.25) is 0 Å². The van der Waals surface area contributed by atoms with Crippen molar-refractivity contribution in [2.45, 2.75) is 46.8 Å². The third-order valence-electron chi connectivity index (χ3n) is 2.18. The Morgan fingerprint density at radius 2 is 2.07 bits per heavy atom. The fourth-order valence-corrected chi connectivity index (χ4v) is 1.51. The molecule has 0 radical (unpaired) electrons. The summed E-state index contributed by atoms with van der Waals surface area (Å²) in [7, 11) is 0. The zero-order chi connectivity index (χ0) is 11.7. The molecule has 3 heteroatoms. The molecule has 0 aromatic heterocycles. The zero-order valence-electron chi connectivity index (χ0n) is 11.0. The number of morpholine rings is 1. The average Bonchev–Trinajstić information content (AvgIpc) is 2.20. The minimum Gasteiger partial charge on any atom is -0.377 e. The number of ether oxygens (including phenoxy) is 2. The van der Waals surface area contributed by atoms with Crippen LogP contribution in [0.3, 0.4) is 0 Å². The van der Waals surface area contributed by atoms with Crippen LogP contribution in [0.25, 0.3) is 0 Å². The van der Waals surface area contributed by atoms with E-state index in [0.717, 1.165) is 32.8 Å². The lowest BCUT2D eigenvalue weighted by Gasteiger charge is -2.31. The van der Waals surface area contributed by atoms with E-state index in [1.54, 1.807) is 0 Å². The molecule has 3 nitrogen and oxygen atoms in total. The van der Waals surface area contributed by atoms with Crippen LogP contribution in [0.4, 0.5) is 0 Å². The lowest BCUT2D eigenvalue weighted by molar-refractivity contribution is -0.0312. The SMILES string of the molecule is CC.CC(C)OCCN1CCO[C@H](C)C1. The largest absolute Gasteiger partial charge is 0.377 e. The summed E-state index contributed by atoms with van der Waals surface area (Å²) < 4.78 is 11.0. The fraction of sp³-hybridized carbons (Fsp3) is 1.00. The van der Waals surface area contributed by atoms with Gasteiger partial charge in [0.05, 0.1) is 25.4 Å². The second-order valence-electron chi connectivity index (χ2n) is 3.90. The molecule has 1 heterocycles. The maximum atomic E-state index is 5.50. The first kappa shape index (κ1) is 14.9. The van der Waals surface area contributed by atoms with E-state index in [2.05, 4.69) is 25.7 Å². The van der Waals surface area contributed by atoms with Gasteiger partial charge in [0.25, 0.3) is 0 Å². The summed E-state index contributed by atoms with van der Waals surface area (Å²) in [6.07, 6.45) is 0.728. The molecule has 0 saturated carbocycles. The van der Waals surface area contributed by atoms with Crippen LogP contribution in [0.15, 0.2) is 0 Å². The summed E-state index contributed by atoms with van der Waals surface area (Å²) in [6.45, 7) is 15.1. The van der Waals surface area contributed by atoms with Gasteiger partial charge in [-0.05, 0) is 20.8 Å². The highest BCUT2D eigenvalue weighted by molar-refractivity contribution is 4.67. The summed E-state index contributed by atoms with van der Waals surface area (Å²) in [5.41, 5.74) is 0. The molecular weight excluding hydrogens is 190 g/mol. The van der Waals surface area contributed by atoms with Crippen LogP contribution in [0.1, 0.15) is 34.6 Å². The molecule has 1 rings (SSSR count). The highest BCUT2D eigenvalue weighted by atomic mass is 16.5. The van der Waals surface area contributed by atoms with E-state index in [0.29, 0.717) is 12.2 Å². The van der Waals surface area contributed by atoms with Gasteiger partial charge in [0, 0.05) is 19.6 Å². The van der Waals surface area contributed by atoms with Crippen molar-refractivity contribution in [1.82, 2.24) is 4.90 Å². The van der Waals surface area contributed by atoms with Gasteiger partial charge in [-0.25, -0.2) is 0 Å². The molecule has 0 N–H and O–H groups in total. The first-order chi connectivity index (χ1) is 7.18. The van der Waals surface area contributed by atoms with E-state index in [1.807, 2.05) is 13.8 Å². The Morgan fingerprint density at radius 1 is 1.40 bits per heavy atom. The van der Waals surface area contributed by atoms with Gasteiger partial charge in [-0.3, -0.25) is 4.90 Å². The molecule has 0 aromatic carbocycles. The molecule has 1 saturated heterocycles. The molecule has 1 fully saturated rings. The highest BCUT2D eigenvalue weighted by Crippen LogP contribution is 2.03. The molecular formula is C12H27NO2. The summed E-state index contributed by atoms with van der Waals surface area (Å²) in [5.74, 6) is 0. The number of rotatable bonds is 4. The number of hydrogen-bond acceptors (Lipinski definition) is 3. The standard InChI is InChI=1S/C10H21NO2.C2H6/c1-9(2)12-6-4-11-5-7-13-10(3)8-11;1-2/h9-10H,4-8H2,1-3H3;1-2H3/t10-;/m1./s1. The minimum atomic E-state index is 0.346. The molecule has 1 aliphatic heterocycles. The second-order valence-corrected chi connectivity index (χ2v) is 3.90. The Bertz CT molecular complexity index is 140. The van der Waals surface area contributed by atoms with Crippen LogP contribution < -0.4 is 0 Å². The second kappa shape index (κ2) is 9.13. The summed E-state index contributed by atoms with van der Waals surface area (Å²) in [5, 5.41) is 0. The Kier molecular flexibility index (Phi) is 9.06. The average molecular weight is 217 g/mol. The third kappa shape index (κ3) is 7.77. The minimum absolute atomic E-state index is 0.346. The fourth-order valence-electron chi connectivity index (χ4n) is 1.51. The van der Waals surface area contributed by atoms with E-state index >= 15 is 0 Å². The monoisotopic (exact) mass is 217 g/mol. The van der Waals surface area contributed by atoms with Crippen LogP contribution in [-0.2, 0) is 9.47 Å². The number of hydrogen-bond donors (Lipinski definition) is 0. The molecule has 0 amide bonds. The van der Waals surface area contributed by atoms with Gasteiger partial charge >= 0.3 is 0 Å². The van der Waals surface area contributed by atoms with Crippen molar-refractivity contribution in [3.63, 3.8) is 0 Å². The van der Waals surface area contributed by atoms with Gasteiger partial charge in [-0.1, -0.05) is 13.8 Å². The van der Waals surface area contributed by atoms with Crippen molar-refractivity contribution in [3.05, 3.63) is 0 Å². The summed E-state index contributed by atoms with van der Waals surface area (Å²) in [6, 6.07) is 0. The van der Waals surface area contributed by atoms with Gasteiger partial charge in [0.1, 0.15) is 0 Å². The summed E-state index contributed by atoms with van der Waals surface area (Å²) in [4.78, 5) is 2.40. The highest BCUT2D eigenvalue weighted by Gasteiger charge is 2.15. The number of nitrogens with zero attached hydrogens (tertiary/aromatic N) is 1. The van der Waals surface area contributed by atoms with E-state index in [1.165, 1.54) is 0 Å². The Morgan fingerprint density at radius 3 is 2.60 bits per heavy atom. The Labute approximate surface area is 94.7 Å². The molecule has 0 unspecified atom stereocenters. The molecule has 15 heavy (non-hydrogen) atoms. The Hall–Kier alpha value is -0.120. The van der Waals surface area contributed by atoms with Gasteiger partial charge in [0.15, 0.2) is 0 Å². The van der Waals surface area contributed by atoms with Crippen LogP contribution in [-0.4, -0.2) is 50.0 Å². The van der Waals surface area contributed by atoms with E-state index < -0.39 is 0 Å². The lowest BCUT2D eigenvalue weighted by Crippen LogP contribution is -2.42. The van der Waals surface area contributed by atoms with Crippen LogP contribution in [0.5, 0.6) is 0 Å². The molecule has 0 spiro atoms. The van der Waals surface area contributed by atoms with Crippen LogP contribution >= 0.6 is 0 Å². The zero-order valence-corrected chi connectivity index (χ0v) is 11.0. The van der Waals surface area contributed by atoms with Gasteiger partial charge < -0.3 is 9.47 Å². The van der Waals surface area contributed by atoms with Crippen molar-refractivity contribution in [1.29, 1.82) is 0 Å². The molecule has 0 aliphatic carbocycles.